The quantitative estimate of drug-likeness (QED) is 0.154. The van der Waals surface area contributed by atoms with Crippen molar-refractivity contribution in [2.75, 3.05) is 0 Å². The standard InChI is InChI=1S/C32H35F2N5O4S/c1-20(2)43-27(40)32(19-31(3,4)5,38-29(44)37-30(41)42-18-21-9-7-6-8-10-21)24-12-14-25-22(15-24)11-13-26(36-25)23-16-35-39(17-23)28(33)34/h6-17,20,28H,18-19H2,1-5H3,(H2,37,38,41,44). The number of benzene rings is 2. The number of rotatable bonds is 9. The van der Waals surface area contributed by atoms with Gasteiger partial charge in [0.25, 0.3) is 0 Å². The number of alkyl halides is 2. The van der Waals surface area contributed by atoms with Crippen LogP contribution in [-0.4, -0.2) is 38.0 Å². The van der Waals surface area contributed by atoms with Crippen molar-refractivity contribution >= 4 is 40.3 Å². The average molecular weight is 624 g/mol. The number of halogens is 2. The monoisotopic (exact) mass is 623 g/mol. The molecule has 0 saturated heterocycles. The largest absolute Gasteiger partial charge is 0.461 e. The van der Waals surface area contributed by atoms with E-state index in [2.05, 4.69) is 20.7 Å². The third-order valence-electron chi connectivity index (χ3n) is 6.52. The summed E-state index contributed by atoms with van der Waals surface area (Å²) in [6, 6.07) is 17.9. The molecule has 1 amide bonds. The molecule has 2 aromatic heterocycles. The van der Waals surface area contributed by atoms with Crippen LogP contribution in [0.25, 0.3) is 22.2 Å². The van der Waals surface area contributed by atoms with Crippen molar-refractivity contribution in [1.82, 2.24) is 25.4 Å². The maximum absolute atomic E-state index is 13.9. The van der Waals surface area contributed by atoms with Gasteiger partial charge in [0, 0.05) is 17.1 Å². The number of hydrogen-bond donors (Lipinski definition) is 2. The Labute approximate surface area is 260 Å². The number of alkyl carbamates (subject to hydrolysis) is 1. The average Bonchev–Trinajstić information content (AvgIpc) is 3.45. The van der Waals surface area contributed by atoms with E-state index in [4.69, 9.17) is 21.7 Å². The number of carbonyl (C=O) groups is 2. The molecule has 0 saturated carbocycles. The Morgan fingerprint density at radius 3 is 2.41 bits per heavy atom. The second kappa shape index (κ2) is 13.5. The van der Waals surface area contributed by atoms with Crippen molar-refractivity contribution in [3.8, 4) is 11.3 Å². The molecule has 0 fully saturated rings. The van der Waals surface area contributed by atoms with Crippen LogP contribution in [0.1, 0.15) is 58.7 Å². The summed E-state index contributed by atoms with van der Waals surface area (Å²) < 4.78 is 37.7. The topological polar surface area (TPSA) is 107 Å². The molecule has 0 aliphatic heterocycles. The molecular weight excluding hydrogens is 588 g/mol. The minimum Gasteiger partial charge on any atom is -0.461 e. The van der Waals surface area contributed by atoms with Gasteiger partial charge in [-0.25, -0.2) is 19.3 Å². The van der Waals surface area contributed by atoms with Gasteiger partial charge < -0.3 is 14.8 Å². The summed E-state index contributed by atoms with van der Waals surface area (Å²) in [6.07, 6.45) is 1.59. The zero-order valence-electron chi connectivity index (χ0n) is 25.1. The van der Waals surface area contributed by atoms with E-state index in [0.29, 0.717) is 32.4 Å². The lowest BCUT2D eigenvalue weighted by atomic mass is 9.75. The summed E-state index contributed by atoms with van der Waals surface area (Å²) in [6.45, 7) is 6.72. The number of fused-ring (bicyclic) bond motifs is 1. The summed E-state index contributed by atoms with van der Waals surface area (Å²) >= 11 is 5.51. The third kappa shape index (κ3) is 8.13. The Bertz CT molecular complexity index is 1640. The molecule has 2 N–H and O–H groups in total. The van der Waals surface area contributed by atoms with Crippen LogP contribution in [0.2, 0.25) is 0 Å². The highest BCUT2D eigenvalue weighted by Crippen LogP contribution is 2.38. The molecule has 4 rings (SSSR count). The number of nitrogens with zero attached hydrogens (tertiary/aromatic N) is 3. The van der Waals surface area contributed by atoms with Crippen molar-refractivity contribution in [2.45, 2.75) is 65.8 Å². The number of thiocarbonyl (C=S) groups is 1. The van der Waals surface area contributed by atoms with E-state index in [9.17, 15) is 18.4 Å². The zero-order valence-corrected chi connectivity index (χ0v) is 26.0. The summed E-state index contributed by atoms with van der Waals surface area (Å²) in [5, 5.41) is 9.87. The number of carbonyl (C=O) groups excluding carboxylic acids is 2. The Morgan fingerprint density at radius 2 is 1.77 bits per heavy atom. The highest BCUT2D eigenvalue weighted by molar-refractivity contribution is 7.80. The van der Waals surface area contributed by atoms with Crippen molar-refractivity contribution in [1.29, 1.82) is 0 Å². The van der Waals surface area contributed by atoms with Gasteiger partial charge in [-0.3, -0.25) is 5.32 Å². The number of amides is 1. The molecule has 0 spiro atoms. The maximum Gasteiger partial charge on any atom is 0.413 e. The summed E-state index contributed by atoms with van der Waals surface area (Å²) in [7, 11) is 0. The highest BCUT2D eigenvalue weighted by atomic mass is 32.1. The zero-order chi connectivity index (χ0) is 32.1. The van der Waals surface area contributed by atoms with Gasteiger partial charge in [0.15, 0.2) is 10.7 Å². The lowest BCUT2D eigenvalue weighted by Gasteiger charge is -2.39. The van der Waals surface area contributed by atoms with Crippen LogP contribution in [-0.2, 0) is 26.4 Å². The number of hydrogen-bond acceptors (Lipinski definition) is 7. The Kier molecular flexibility index (Phi) is 9.93. The molecule has 4 aromatic rings. The van der Waals surface area contributed by atoms with Gasteiger partial charge in [-0.2, -0.15) is 13.9 Å². The second-order valence-corrected chi connectivity index (χ2v) is 12.2. The first-order valence-corrected chi connectivity index (χ1v) is 14.4. The van der Waals surface area contributed by atoms with Crippen LogP contribution < -0.4 is 10.6 Å². The molecule has 2 aromatic carbocycles. The van der Waals surface area contributed by atoms with Gasteiger partial charge in [0.05, 0.1) is 23.5 Å². The summed E-state index contributed by atoms with van der Waals surface area (Å²) in [4.78, 5) is 31.2. The fourth-order valence-electron chi connectivity index (χ4n) is 4.78. The molecule has 9 nitrogen and oxygen atoms in total. The lowest BCUT2D eigenvalue weighted by Crippen LogP contribution is -2.58. The molecule has 1 unspecified atom stereocenters. The van der Waals surface area contributed by atoms with Crippen molar-refractivity contribution < 1.29 is 27.8 Å². The second-order valence-electron chi connectivity index (χ2n) is 11.8. The third-order valence-corrected chi connectivity index (χ3v) is 6.73. The minimum absolute atomic E-state index is 0.0421. The normalized spacial score (nSPS) is 13.0. The lowest BCUT2D eigenvalue weighted by molar-refractivity contribution is -0.157. The fourth-order valence-corrected chi connectivity index (χ4v) is 5.03. The van der Waals surface area contributed by atoms with Gasteiger partial charge in [-0.05, 0) is 67.2 Å². The smallest absolute Gasteiger partial charge is 0.413 e. The van der Waals surface area contributed by atoms with E-state index in [0.717, 1.165) is 5.56 Å². The van der Waals surface area contributed by atoms with Crippen LogP contribution in [0.5, 0.6) is 0 Å². The number of esters is 1. The molecule has 0 aliphatic carbocycles. The van der Waals surface area contributed by atoms with Crippen LogP contribution >= 0.6 is 12.2 Å². The van der Waals surface area contributed by atoms with Crippen LogP contribution in [0, 0.1) is 5.41 Å². The molecular formula is C32H35F2N5O4S. The first kappa shape index (κ1) is 32.5. The van der Waals surface area contributed by atoms with Crippen LogP contribution in [0.3, 0.4) is 0 Å². The van der Waals surface area contributed by atoms with E-state index in [1.165, 1.54) is 12.4 Å². The molecule has 2 heterocycles. The van der Waals surface area contributed by atoms with E-state index in [1.807, 2.05) is 51.1 Å². The number of aromatic nitrogens is 3. The van der Waals surface area contributed by atoms with Crippen LogP contribution in [0.4, 0.5) is 13.6 Å². The van der Waals surface area contributed by atoms with Crippen LogP contribution in [0.15, 0.2) is 73.1 Å². The number of ether oxygens (including phenoxy) is 2. The van der Waals surface area contributed by atoms with E-state index < -0.39 is 35.7 Å². The molecule has 0 radical (unpaired) electrons. The van der Waals surface area contributed by atoms with E-state index in [1.54, 1.807) is 44.2 Å². The fraction of sp³-hybridized carbons (Fsp3) is 0.344. The van der Waals surface area contributed by atoms with E-state index >= 15 is 0 Å². The SMILES string of the molecule is CC(C)OC(=O)C(CC(C)(C)C)(NC(=S)NC(=O)OCc1ccccc1)c1ccc2nc(-c3cnn(C(F)F)c3)ccc2c1. The van der Waals surface area contributed by atoms with Crippen molar-refractivity contribution in [3.63, 3.8) is 0 Å². The molecule has 1 atom stereocenters. The highest BCUT2D eigenvalue weighted by Gasteiger charge is 2.46. The number of nitrogens with one attached hydrogen (secondary N) is 2. The molecule has 232 valence electrons. The predicted octanol–water partition coefficient (Wildman–Crippen LogP) is 6.88. The Hall–Kier alpha value is -4.45. The van der Waals surface area contributed by atoms with Crippen molar-refractivity contribution in [3.05, 3.63) is 84.2 Å². The van der Waals surface area contributed by atoms with E-state index in [-0.39, 0.29) is 18.1 Å². The van der Waals surface area contributed by atoms with Gasteiger partial charge in [0.2, 0.25) is 0 Å². The van der Waals surface area contributed by atoms with Gasteiger partial charge in [0.1, 0.15) is 6.61 Å². The molecule has 0 bridgehead atoms. The molecule has 12 heteroatoms. The van der Waals surface area contributed by atoms with Gasteiger partial charge >= 0.3 is 18.6 Å². The predicted molar refractivity (Wildman–Crippen MR) is 167 cm³/mol. The number of pyridine rings is 1. The minimum atomic E-state index is -2.76. The first-order valence-electron chi connectivity index (χ1n) is 14.0. The molecule has 44 heavy (non-hydrogen) atoms. The maximum atomic E-state index is 13.9. The van der Waals surface area contributed by atoms with Gasteiger partial charge in [-0.15, -0.1) is 0 Å². The summed E-state index contributed by atoms with van der Waals surface area (Å²) in [5.41, 5.74) is 0.910. The van der Waals surface area contributed by atoms with Crippen molar-refractivity contribution in [2.24, 2.45) is 5.41 Å². The van der Waals surface area contributed by atoms with Gasteiger partial charge in [-0.1, -0.05) is 63.2 Å². The first-order chi connectivity index (χ1) is 20.8. The summed E-state index contributed by atoms with van der Waals surface area (Å²) in [5.74, 6) is -0.576. The Morgan fingerprint density at radius 1 is 1.05 bits per heavy atom. The molecule has 0 aliphatic rings. The Balaban J connectivity index is 1.68.